The van der Waals surface area contributed by atoms with E-state index in [-0.39, 0.29) is 12.0 Å². The Balaban J connectivity index is 1.36. The number of para-hydroxylation sites is 4. The highest BCUT2D eigenvalue weighted by atomic mass is 15.2. The zero-order chi connectivity index (χ0) is 32.2. The second-order valence-electron chi connectivity index (χ2n) is 12.3. The van der Waals surface area contributed by atoms with Gasteiger partial charge >= 0.3 is 0 Å². The SMILES string of the molecule is N#Cc1ccc(N2c3c(-c4cccc5c6ccccc6n(-c6ccccc6-c6ccccc6C#N)c45)cccc3C3C=CC=CC32)cc1. The summed E-state index contributed by atoms with van der Waals surface area (Å²) in [5.41, 5.74) is 12.3. The van der Waals surface area contributed by atoms with Crippen LogP contribution in [-0.4, -0.2) is 10.6 Å². The van der Waals surface area contributed by atoms with Gasteiger partial charge in [0, 0.05) is 44.6 Å². The van der Waals surface area contributed by atoms with Gasteiger partial charge in [-0.05, 0) is 48.0 Å². The third-order valence-electron chi connectivity index (χ3n) is 9.81. The number of benzene rings is 6. The molecule has 1 aliphatic carbocycles. The molecule has 0 saturated heterocycles. The minimum absolute atomic E-state index is 0.118. The average Bonchev–Trinajstić information content (AvgIpc) is 3.68. The highest BCUT2D eigenvalue weighted by Crippen LogP contribution is 2.53. The summed E-state index contributed by atoms with van der Waals surface area (Å²) >= 11 is 0. The molecule has 7 aromatic rings. The van der Waals surface area contributed by atoms with Crippen molar-refractivity contribution < 1.29 is 0 Å². The van der Waals surface area contributed by atoms with Gasteiger partial charge in [0.05, 0.1) is 51.7 Å². The molecule has 0 fully saturated rings. The summed E-state index contributed by atoms with van der Waals surface area (Å²) in [6.45, 7) is 0. The summed E-state index contributed by atoms with van der Waals surface area (Å²) in [5.74, 6) is 0.203. The smallest absolute Gasteiger partial charge is 0.0998 e. The number of nitriles is 2. The van der Waals surface area contributed by atoms with E-state index in [1.165, 1.54) is 22.0 Å². The van der Waals surface area contributed by atoms with Crippen LogP contribution in [0, 0.1) is 22.7 Å². The lowest BCUT2D eigenvalue weighted by Crippen LogP contribution is -2.28. The highest BCUT2D eigenvalue weighted by molar-refractivity contribution is 6.15. The quantitative estimate of drug-likeness (QED) is 0.199. The summed E-state index contributed by atoms with van der Waals surface area (Å²) in [7, 11) is 0. The van der Waals surface area contributed by atoms with Crippen LogP contribution in [0.3, 0.4) is 0 Å². The topological polar surface area (TPSA) is 55.8 Å². The Labute approximate surface area is 279 Å². The maximum Gasteiger partial charge on any atom is 0.0998 e. The van der Waals surface area contributed by atoms with Gasteiger partial charge < -0.3 is 9.47 Å². The monoisotopic (exact) mass is 612 g/mol. The van der Waals surface area contributed by atoms with Crippen molar-refractivity contribution in [1.82, 2.24) is 4.57 Å². The maximum atomic E-state index is 10.1. The van der Waals surface area contributed by atoms with Crippen molar-refractivity contribution in [2.45, 2.75) is 12.0 Å². The molecule has 0 saturated carbocycles. The van der Waals surface area contributed by atoms with Crippen LogP contribution in [0.25, 0.3) is 49.7 Å². The van der Waals surface area contributed by atoms with Crippen LogP contribution in [0.5, 0.6) is 0 Å². The minimum atomic E-state index is 0.118. The van der Waals surface area contributed by atoms with E-state index < -0.39 is 0 Å². The van der Waals surface area contributed by atoms with E-state index in [0.717, 1.165) is 44.7 Å². The van der Waals surface area contributed by atoms with Crippen LogP contribution in [0.1, 0.15) is 22.6 Å². The first-order valence-electron chi connectivity index (χ1n) is 16.2. The number of aromatic nitrogens is 1. The largest absolute Gasteiger partial charge is 0.333 e. The number of nitrogens with zero attached hydrogens (tertiary/aromatic N) is 4. The second-order valence-corrected chi connectivity index (χ2v) is 12.3. The number of anilines is 2. The zero-order valence-corrected chi connectivity index (χ0v) is 26.0. The molecule has 0 spiro atoms. The Morgan fingerprint density at radius 1 is 0.542 bits per heavy atom. The number of hydrogen-bond acceptors (Lipinski definition) is 3. The van der Waals surface area contributed by atoms with E-state index in [0.29, 0.717) is 11.1 Å². The van der Waals surface area contributed by atoms with Gasteiger partial charge in [-0.25, -0.2) is 0 Å². The van der Waals surface area contributed by atoms with Gasteiger partial charge in [0.25, 0.3) is 0 Å². The summed E-state index contributed by atoms with van der Waals surface area (Å²) in [4.78, 5) is 2.44. The second kappa shape index (κ2) is 11.0. The first-order chi connectivity index (χ1) is 23.8. The number of allylic oxidation sites excluding steroid dienone is 2. The van der Waals surface area contributed by atoms with Crippen molar-refractivity contribution in [1.29, 1.82) is 10.5 Å². The van der Waals surface area contributed by atoms with Crippen LogP contribution in [0.2, 0.25) is 0 Å². The molecule has 224 valence electrons. The predicted molar refractivity (Wildman–Crippen MR) is 194 cm³/mol. The molecule has 2 unspecified atom stereocenters. The fourth-order valence-electron chi connectivity index (χ4n) is 7.79. The Hall–Kier alpha value is -6.62. The van der Waals surface area contributed by atoms with E-state index in [9.17, 15) is 10.5 Å². The maximum absolute atomic E-state index is 10.1. The fraction of sp³-hybridized carbons (Fsp3) is 0.0455. The molecule has 4 heteroatoms. The molecule has 6 aromatic carbocycles. The van der Waals surface area contributed by atoms with Gasteiger partial charge in [0.2, 0.25) is 0 Å². The molecule has 2 atom stereocenters. The first kappa shape index (κ1) is 27.7. The standard InChI is InChI=1S/C44H28N4/c45-27-29-23-25-31(26-24-29)47-40-20-6-4-14-34(40)36-16-9-18-38(43(36)47)39-19-10-17-37-35-15-5-8-22-42(35)48(44(37)39)41-21-7-3-13-33(41)32-12-2-1-11-30(32)28-46/h1-26,34,40H. The molecule has 0 radical (unpaired) electrons. The molecule has 4 nitrogen and oxygen atoms in total. The van der Waals surface area contributed by atoms with Crippen molar-refractivity contribution in [2.24, 2.45) is 0 Å². The summed E-state index contributed by atoms with van der Waals surface area (Å²) in [5, 5.41) is 22.0. The highest BCUT2D eigenvalue weighted by Gasteiger charge is 2.39. The Bertz CT molecular complexity index is 2550. The van der Waals surface area contributed by atoms with E-state index in [1.807, 2.05) is 42.5 Å². The molecule has 2 aliphatic rings. The van der Waals surface area contributed by atoms with Crippen molar-refractivity contribution in [3.8, 4) is 40.1 Å². The molecule has 2 heterocycles. The summed E-state index contributed by atoms with van der Waals surface area (Å²) in [6.07, 6.45) is 8.87. The third-order valence-corrected chi connectivity index (χ3v) is 9.81. The van der Waals surface area contributed by atoms with Crippen molar-refractivity contribution in [3.05, 3.63) is 174 Å². The van der Waals surface area contributed by atoms with Gasteiger partial charge in [0.1, 0.15) is 0 Å². The lowest BCUT2D eigenvalue weighted by atomic mass is 9.90. The zero-order valence-electron chi connectivity index (χ0n) is 26.0. The number of fused-ring (bicyclic) bond motifs is 6. The van der Waals surface area contributed by atoms with Gasteiger partial charge in [0.15, 0.2) is 0 Å². The molecule has 9 rings (SSSR count). The predicted octanol–water partition coefficient (Wildman–Crippen LogP) is 10.6. The molecule has 0 bridgehead atoms. The van der Waals surface area contributed by atoms with E-state index in [1.54, 1.807) is 0 Å². The molecular weight excluding hydrogens is 585 g/mol. The number of hydrogen-bond donors (Lipinski definition) is 0. The van der Waals surface area contributed by atoms with E-state index in [4.69, 9.17) is 0 Å². The van der Waals surface area contributed by atoms with Crippen molar-refractivity contribution in [3.63, 3.8) is 0 Å². The van der Waals surface area contributed by atoms with Crippen molar-refractivity contribution in [2.75, 3.05) is 4.90 Å². The average molecular weight is 613 g/mol. The molecule has 0 N–H and O–H groups in total. The van der Waals surface area contributed by atoms with Crippen molar-refractivity contribution >= 4 is 33.2 Å². The lowest BCUT2D eigenvalue weighted by Gasteiger charge is -2.30. The van der Waals surface area contributed by atoms with E-state index >= 15 is 0 Å². The van der Waals surface area contributed by atoms with Gasteiger partial charge in [-0.2, -0.15) is 10.5 Å². The Morgan fingerprint density at radius 2 is 1.23 bits per heavy atom. The fourth-order valence-corrected chi connectivity index (χ4v) is 7.79. The van der Waals surface area contributed by atoms with Crippen LogP contribution >= 0.6 is 0 Å². The Kier molecular flexibility index (Phi) is 6.35. The molecule has 0 amide bonds. The van der Waals surface area contributed by atoms with E-state index in [2.05, 4.69) is 137 Å². The lowest BCUT2D eigenvalue weighted by molar-refractivity contribution is 0.745. The molecule has 1 aromatic heterocycles. The summed E-state index contributed by atoms with van der Waals surface area (Å²) < 4.78 is 2.39. The summed E-state index contributed by atoms with van der Waals surface area (Å²) in [6, 6.07) is 50.9. The molecular formula is C44H28N4. The van der Waals surface area contributed by atoms with Gasteiger partial charge in [-0.1, -0.05) is 115 Å². The third kappa shape index (κ3) is 4.07. The van der Waals surface area contributed by atoms with Crippen LogP contribution in [0.4, 0.5) is 11.4 Å². The van der Waals surface area contributed by atoms with Gasteiger partial charge in [-0.15, -0.1) is 0 Å². The minimum Gasteiger partial charge on any atom is -0.333 e. The normalized spacial score (nSPS) is 16.1. The molecule has 1 aliphatic heterocycles. The van der Waals surface area contributed by atoms with Crippen LogP contribution in [-0.2, 0) is 0 Å². The van der Waals surface area contributed by atoms with Crippen LogP contribution in [0.15, 0.2) is 158 Å². The molecule has 48 heavy (non-hydrogen) atoms. The van der Waals surface area contributed by atoms with Gasteiger partial charge in [-0.3, -0.25) is 0 Å². The number of rotatable bonds is 4. The first-order valence-corrected chi connectivity index (χ1v) is 16.2. The van der Waals surface area contributed by atoms with Crippen LogP contribution < -0.4 is 4.90 Å². The Morgan fingerprint density at radius 3 is 2.08 bits per heavy atom.